The molecule has 0 radical (unpaired) electrons. The summed E-state index contributed by atoms with van der Waals surface area (Å²) in [6.45, 7) is 2.74. The van der Waals surface area contributed by atoms with Crippen LogP contribution >= 0.6 is 23.2 Å². The first-order valence-corrected chi connectivity index (χ1v) is 14.4. The number of methoxy groups -OCH3 is 1. The Bertz CT molecular complexity index is 1340. The molecule has 0 bridgehead atoms. The quantitative estimate of drug-likeness (QED) is 0.137. The lowest BCUT2D eigenvalue weighted by molar-refractivity contribution is -0.106. The third kappa shape index (κ3) is 7.39. The van der Waals surface area contributed by atoms with Crippen LogP contribution in [0, 0.1) is 23.1 Å². The number of aryl methyl sites for hydroxylation is 1. The van der Waals surface area contributed by atoms with E-state index in [9.17, 15) is 9.18 Å². The molecule has 1 spiro atoms. The Kier molecular flexibility index (Phi) is 11.6. The van der Waals surface area contributed by atoms with Crippen molar-refractivity contribution >= 4 is 41.3 Å². The number of anilines is 1. The van der Waals surface area contributed by atoms with Crippen LogP contribution in [0.1, 0.15) is 54.3 Å². The van der Waals surface area contributed by atoms with Crippen LogP contribution in [0.3, 0.4) is 0 Å². The molecule has 3 aliphatic rings. The second-order valence-corrected chi connectivity index (χ2v) is 10.5. The van der Waals surface area contributed by atoms with Gasteiger partial charge in [0.15, 0.2) is 0 Å². The van der Waals surface area contributed by atoms with Crippen molar-refractivity contribution in [2.45, 2.75) is 51.7 Å². The summed E-state index contributed by atoms with van der Waals surface area (Å²) in [7, 11) is 1.23. The second kappa shape index (κ2) is 14.7. The molecule has 1 amide bonds. The highest BCUT2D eigenvalue weighted by atomic mass is 35.5. The van der Waals surface area contributed by atoms with E-state index in [1.165, 1.54) is 44.9 Å². The minimum atomic E-state index is -0.613. The fourth-order valence-electron chi connectivity index (χ4n) is 5.65. The number of aromatic nitrogens is 1. The summed E-state index contributed by atoms with van der Waals surface area (Å²) in [5.41, 5.74) is 13.1. The van der Waals surface area contributed by atoms with Gasteiger partial charge in [0, 0.05) is 23.9 Å². The van der Waals surface area contributed by atoms with Crippen molar-refractivity contribution in [3.8, 4) is 11.3 Å². The Morgan fingerprint density at radius 3 is 2.51 bits per heavy atom. The van der Waals surface area contributed by atoms with Gasteiger partial charge in [0.05, 0.1) is 36.1 Å². The van der Waals surface area contributed by atoms with Crippen molar-refractivity contribution in [3.05, 3.63) is 70.2 Å². The number of amides is 1. The number of benzene rings is 2. The molecule has 8 nitrogen and oxygen atoms in total. The molecule has 3 aromatic rings. The number of nitrogens with two attached hydrogens (primary N) is 2. The zero-order valence-electron chi connectivity index (χ0n) is 23.4. The van der Waals surface area contributed by atoms with E-state index < -0.39 is 11.8 Å². The smallest absolute Gasteiger partial charge is 0.337 e. The van der Waals surface area contributed by atoms with Gasteiger partial charge in [-0.25, -0.2) is 9.18 Å². The molecule has 0 saturated heterocycles. The molecule has 2 aromatic carbocycles. The monoisotopic (exact) mass is 607 g/mol. The first kappa shape index (κ1) is 32.4. The summed E-state index contributed by atoms with van der Waals surface area (Å²) >= 11 is 11.0. The maximum Gasteiger partial charge on any atom is 0.337 e. The van der Waals surface area contributed by atoms with Crippen molar-refractivity contribution in [3.63, 3.8) is 0 Å². The normalized spacial score (nSPS) is 22.2. The predicted molar refractivity (Wildman–Crippen MR) is 157 cm³/mol. The Morgan fingerprint density at radius 1 is 1.24 bits per heavy atom. The lowest BCUT2D eigenvalue weighted by Crippen LogP contribution is -2.14. The van der Waals surface area contributed by atoms with E-state index in [2.05, 4.69) is 34.2 Å². The van der Waals surface area contributed by atoms with Gasteiger partial charge in [0.1, 0.15) is 17.3 Å². The molecule has 3 fully saturated rings. The van der Waals surface area contributed by atoms with Crippen LogP contribution in [-0.4, -0.2) is 37.1 Å². The molecule has 11 heteroatoms. The van der Waals surface area contributed by atoms with Gasteiger partial charge < -0.3 is 25.5 Å². The van der Waals surface area contributed by atoms with E-state index in [1.54, 1.807) is 0 Å². The fraction of sp³-hybridized carbons (Fsp3) is 0.433. The average molecular weight is 609 g/mol. The molecular formula is C30H36Cl2FN3O5. The van der Waals surface area contributed by atoms with Gasteiger partial charge in [-0.05, 0) is 67.2 Å². The maximum atomic E-state index is 12.7. The lowest BCUT2D eigenvalue weighted by atomic mass is 10.0. The predicted octanol–water partition coefficient (Wildman–Crippen LogP) is 6.41. The van der Waals surface area contributed by atoms with Crippen molar-refractivity contribution in [1.82, 2.24) is 5.16 Å². The maximum absolute atomic E-state index is 12.7. The zero-order valence-corrected chi connectivity index (χ0v) is 24.9. The van der Waals surface area contributed by atoms with Crippen LogP contribution in [0.4, 0.5) is 10.1 Å². The minimum Gasteiger partial charge on any atom is -0.465 e. The summed E-state index contributed by atoms with van der Waals surface area (Å²) in [5, 5.41) is 5.03. The standard InChI is InChI=1S/C20H22ClNO2.C8H8FNO2.CH3Cl.CH3NO/c1-2-5-17-14(11-23-18-8-12-9-20(12)10-15(18)20)19(22-24-17)13-6-3-4-7-16(13)21;1-12-8(11)5-2-3-7(10)6(9)4-5;1-2;2-1-3/h3-4,6-7,12,15,18H,2,5,8-11H2,1H3;2-4H,10H2,1H3;1H3;1H,(H2,2,3). The van der Waals surface area contributed by atoms with E-state index in [1.807, 2.05) is 24.3 Å². The van der Waals surface area contributed by atoms with Crippen LogP contribution in [0.5, 0.6) is 0 Å². The molecule has 6 rings (SSSR count). The van der Waals surface area contributed by atoms with Gasteiger partial charge >= 0.3 is 5.97 Å². The summed E-state index contributed by atoms with van der Waals surface area (Å²) in [6, 6.07) is 11.6. The van der Waals surface area contributed by atoms with Crippen LogP contribution in [0.15, 0.2) is 47.0 Å². The van der Waals surface area contributed by atoms with E-state index in [0.29, 0.717) is 17.7 Å². The molecule has 222 valence electrons. The number of halogens is 3. The van der Waals surface area contributed by atoms with Crippen molar-refractivity contribution in [2.75, 3.05) is 19.2 Å². The van der Waals surface area contributed by atoms with Gasteiger partial charge in [-0.2, -0.15) is 0 Å². The first-order valence-electron chi connectivity index (χ1n) is 13.3. The number of carbonyl (C=O) groups is 2. The topological polar surface area (TPSA) is 131 Å². The molecule has 3 aliphatic carbocycles. The molecule has 4 N–H and O–H groups in total. The second-order valence-electron chi connectivity index (χ2n) is 10.1. The van der Waals surface area contributed by atoms with Gasteiger partial charge in [0.2, 0.25) is 6.41 Å². The first-order chi connectivity index (χ1) is 19.8. The number of hydrogen-bond donors (Lipinski definition) is 2. The average Bonchev–Trinajstić information content (AvgIpc) is 3.82. The number of carbonyl (C=O) groups excluding carboxylic acids is 2. The van der Waals surface area contributed by atoms with Crippen molar-refractivity contribution < 1.29 is 28.0 Å². The largest absolute Gasteiger partial charge is 0.465 e. The number of hydrogen-bond acceptors (Lipinski definition) is 7. The van der Waals surface area contributed by atoms with E-state index in [0.717, 1.165) is 58.7 Å². The highest BCUT2D eigenvalue weighted by molar-refractivity contribution is 6.33. The number of ether oxygens (including phenoxy) is 2. The molecule has 41 heavy (non-hydrogen) atoms. The molecule has 3 saturated carbocycles. The number of nitrogens with zero attached hydrogens (tertiary/aromatic N) is 1. The molecule has 1 heterocycles. The number of alkyl halides is 1. The van der Waals surface area contributed by atoms with Gasteiger partial charge in [-0.3, -0.25) is 4.79 Å². The van der Waals surface area contributed by atoms with E-state index >= 15 is 0 Å². The zero-order chi connectivity index (χ0) is 30.2. The molecule has 4 atom stereocenters. The fourth-order valence-corrected chi connectivity index (χ4v) is 5.87. The molecule has 0 aliphatic heterocycles. The van der Waals surface area contributed by atoms with Crippen LogP contribution in [0.25, 0.3) is 11.3 Å². The number of rotatable bonds is 7. The van der Waals surface area contributed by atoms with Gasteiger partial charge in [-0.1, -0.05) is 41.9 Å². The van der Waals surface area contributed by atoms with Gasteiger partial charge in [-0.15, -0.1) is 11.6 Å². The highest BCUT2D eigenvalue weighted by Gasteiger charge is 2.77. The Morgan fingerprint density at radius 2 is 1.95 bits per heavy atom. The summed E-state index contributed by atoms with van der Waals surface area (Å²) in [5.74, 6) is 1.53. The highest BCUT2D eigenvalue weighted by Crippen LogP contribution is 2.82. The summed E-state index contributed by atoms with van der Waals surface area (Å²) in [4.78, 5) is 19.4. The third-order valence-electron chi connectivity index (χ3n) is 7.76. The summed E-state index contributed by atoms with van der Waals surface area (Å²) < 4.78 is 29.1. The minimum absolute atomic E-state index is 0.0163. The van der Waals surface area contributed by atoms with E-state index in [4.69, 9.17) is 31.4 Å². The van der Waals surface area contributed by atoms with Crippen LogP contribution in [-0.2, 0) is 27.3 Å². The third-order valence-corrected chi connectivity index (χ3v) is 8.09. The van der Waals surface area contributed by atoms with Gasteiger partial charge in [0.25, 0.3) is 0 Å². The lowest BCUT2D eigenvalue weighted by Gasteiger charge is -2.15. The Balaban J connectivity index is 0.000000230. The number of esters is 1. The summed E-state index contributed by atoms with van der Waals surface area (Å²) in [6.07, 6.45) is 8.17. The molecule has 1 aromatic heterocycles. The van der Waals surface area contributed by atoms with Crippen molar-refractivity contribution in [2.24, 2.45) is 23.0 Å². The molecular weight excluding hydrogens is 572 g/mol. The van der Waals surface area contributed by atoms with Crippen molar-refractivity contribution in [1.29, 1.82) is 0 Å². The van der Waals surface area contributed by atoms with E-state index in [-0.39, 0.29) is 17.7 Å². The Hall–Kier alpha value is -3.14. The number of nitrogen functional groups attached to an aromatic ring is 1. The molecule has 4 unspecified atom stereocenters. The Labute approximate surface area is 249 Å². The van der Waals surface area contributed by atoms with Crippen LogP contribution < -0.4 is 11.5 Å². The van der Waals surface area contributed by atoms with Crippen LogP contribution in [0.2, 0.25) is 5.02 Å². The SMILES string of the molecule is CCCc1onc(-c2ccccc2Cl)c1COC1CC2CC23CC13.CCl.COC(=O)c1ccc(N)c(F)c1.NC=O. The number of primary amides is 1.